The lowest BCUT2D eigenvalue weighted by molar-refractivity contribution is -0.173. The van der Waals surface area contributed by atoms with Crippen LogP contribution in [0.15, 0.2) is 11.8 Å². The molecule has 0 spiro atoms. The molecule has 1 aliphatic rings. The van der Waals surface area contributed by atoms with Gasteiger partial charge >= 0.3 is 22.1 Å². The molecule has 0 aliphatic carbocycles. The molecule has 6 nitrogen and oxygen atoms in total. The summed E-state index contributed by atoms with van der Waals surface area (Å²) in [6.45, 7) is 0.480. The van der Waals surface area contributed by atoms with E-state index in [1.165, 1.54) is 11.1 Å². The highest BCUT2D eigenvalue weighted by atomic mass is 32.2. The molecule has 0 N–H and O–H groups in total. The van der Waals surface area contributed by atoms with Crippen molar-refractivity contribution in [1.29, 1.82) is 0 Å². The maximum atomic E-state index is 12.1. The Bertz CT molecular complexity index is 431. The van der Waals surface area contributed by atoms with E-state index in [4.69, 9.17) is 0 Å². The fraction of sp³-hybridized carbons (Fsp3) is 0.625. The van der Waals surface area contributed by atoms with Crippen molar-refractivity contribution in [2.45, 2.75) is 18.3 Å². The van der Waals surface area contributed by atoms with Gasteiger partial charge < -0.3 is 9.02 Å². The molecule has 0 aromatic rings. The van der Waals surface area contributed by atoms with Crippen molar-refractivity contribution in [2.24, 2.45) is 0 Å². The molecule has 0 saturated heterocycles. The summed E-state index contributed by atoms with van der Waals surface area (Å²) in [5.74, 6) is -0.315. The fourth-order valence-electron chi connectivity index (χ4n) is 1.25. The Labute approximate surface area is 101 Å². The van der Waals surface area contributed by atoms with Gasteiger partial charge in [-0.15, -0.1) is 5.06 Å². The zero-order chi connectivity index (χ0) is 13.8. The number of alkyl halides is 3. The Morgan fingerprint density at radius 2 is 2.00 bits per heavy atom. The number of hydrogen-bond donors (Lipinski definition) is 0. The molecule has 1 rings (SSSR count). The van der Waals surface area contributed by atoms with Crippen molar-refractivity contribution >= 4 is 16.6 Å². The lowest BCUT2D eigenvalue weighted by atomic mass is 10.3. The molecule has 0 bridgehead atoms. The third-order valence-corrected chi connectivity index (χ3v) is 3.05. The summed E-state index contributed by atoms with van der Waals surface area (Å²) >= 11 is 0. The lowest BCUT2D eigenvalue weighted by Gasteiger charge is -2.15. The van der Waals surface area contributed by atoms with E-state index in [0.717, 1.165) is 0 Å². The summed E-state index contributed by atoms with van der Waals surface area (Å²) in [6, 6.07) is 0. The smallest absolute Gasteiger partial charge is 0.381 e. The van der Waals surface area contributed by atoms with Crippen molar-refractivity contribution in [1.82, 2.24) is 5.06 Å². The van der Waals surface area contributed by atoms with Crippen molar-refractivity contribution < 1.29 is 35.4 Å². The average molecular weight is 289 g/mol. The Balaban J connectivity index is 2.65. The molecule has 0 aromatic carbocycles. The predicted octanol–water partition coefficient (Wildman–Crippen LogP) is 0.920. The molecule has 1 aliphatic heterocycles. The number of carbonyl (C=O) groups excluding carboxylic acids is 1. The SMILES string of the molecule is O=CON1CCC=C(OS(=O)(=O)C(F)(F)F)CC1. The average Bonchev–Trinajstić information content (AvgIpc) is 2.42. The van der Waals surface area contributed by atoms with E-state index in [1.807, 2.05) is 0 Å². The third kappa shape index (κ3) is 3.88. The van der Waals surface area contributed by atoms with Gasteiger partial charge in [0.15, 0.2) is 0 Å². The van der Waals surface area contributed by atoms with Gasteiger partial charge in [-0.25, -0.2) is 0 Å². The van der Waals surface area contributed by atoms with Crippen LogP contribution in [0.5, 0.6) is 0 Å². The van der Waals surface area contributed by atoms with E-state index in [9.17, 15) is 26.4 Å². The summed E-state index contributed by atoms with van der Waals surface area (Å²) in [4.78, 5) is 14.6. The molecular weight excluding hydrogens is 279 g/mol. The first-order valence-corrected chi connectivity index (χ1v) is 6.22. The van der Waals surface area contributed by atoms with Gasteiger partial charge in [-0.2, -0.15) is 21.6 Å². The van der Waals surface area contributed by atoms with Gasteiger partial charge in [-0.05, 0) is 12.5 Å². The first kappa shape index (κ1) is 14.8. The molecule has 0 amide bonds. The molecule has 0 aromatic heterocycles. The van der Waals surface area contributed by atoms with E-state index in [1.54, 1.807) is 0 Å². The van der Waals surface area contributed by atoms with E-state index in [2.05, 4.69) is 9.02 Å². The maximum absolute atomic E-state index is 12.1. The molecule has 1 heterocycles. The van der Waals surface area contributed by atoms with E-state index >= 15 is 0 Å². The molecular formula is C8H10F3NO5S. The first-order chi connectivity index (χ1) is 8.26. The predicted molar refractivity (Wildman–Crippen MR) is 52.1 cm³/mol. The molecule has 0 saturated carbocycles. The van der Waals surface area contributed by atoms with Gasteiger partial charge in [0.2, 0.25) is 0 Å². The van der Waals surface area contributed by atoms with Gasteiger partial charge in [0.25, 0.3) is 0 Å². The number of rotatable bonds is 4. The van der Waals surface area contributed by atoms with Crippen LogP contribution >= 0.6 is 0 Å². The molecule has 0 atom stereocenters. The second-order valence-corrected chi connectivity index (χ2v) is 4.86. The molecule has 18 heavy (non-hydrogen) atoms. The minimum absolute atomic E-state index is 0.0535. The minimum atomic E-state index is -5.64. The first-order valence-electron chi connectivity index (χ1n) is 4.81. The topological polar surface area (TPSA) is 72.9 Å². The summed E-state index contributed by atoms with van der Waals surface area (Å²) in [7, 11) is -5.64. The summed E-state index contributed by atoms with van der Waals surface area (Å²) in [6.07, 6.45) is 1.32. The number of hydroxylamine groups is 2. The number of hydrogen-bond acceptors (Lipinski definition) is 6. The lowest BCUT2D eigenvalue weighted by Crippen LogP contribution is -2.26. The van der Waals surface area contributed by atoms with Crippen LogP contribution in [-0.4, -0.2) is 38.6 Å². The fourth-order valence-corrected chi connectivity index (χ4v) is 1.78. The third-order valence-electron chi connectivity index (χ3n) is 2.05. The monoisotopic (exact) mass is 289 g/mol. The van der Waals surface area contributed by atoms with Crippen LogP contribution in [0.4, 0.5) is 13.2 Å². The Kier molecular flexibility index (Phi) is 4.57. The van der Waals surface area contributed by atoms with E-state index in [0.29, 0.717) is 0 Å². The summed E-state index contributed by atoms with van der Waals surface area (Å²) < 4.78 is 61.7. The van der Waals surface area contributed by atoms with Gasteiger partial charge in [0.1, 0.15) is 5.76 Å². The van der Waals surface area contributed by atoms with Crippen molar-refractivity contribution in [3.8, 4) is 0 Å². The van der Waals surface area contributed by atoms with Crippen LogP contribution in [0.25, 0.3) is 0 Å². The van der Waals surface area contributed by atoms with Crippen molar-refractivity contribution in [2.75, 3.05) is 13.1 Å². The Hall–Kier alpha value is -1.29. The molecule has 10 heteroatoms. The van der Waals surface area contributed by atoms with Gasteiger partial charge in [0, 0.05) is 19.5 Å². The van der Waals surface area contributed by atoms with Crippen LogP contribution in [0.1, 0.15) is 12.8 Å². The minimum Gasteiger partial charge on any atom is -0.381 e. The van der Waals surface area contributed by atoms with Gasteiger partial charge in [-0.3, -0.25) is 4.79 Å². The van der Waals surface area contributed by atoms with E-state index in [-0.39, 0.29) is 38.2 Å². The van der Waals surface area contributed by atoms with Crippen LogP contribution in [0.2, 0.25) is 0 Å². The largest absolute Gasteiger partial charge is 0.534 e. The Morgan fingerprint density at radius 3 is 2.56 bits per heavy atom. The van der Waals surface area contributed by atoms with Crippen LogP contribution < -0.4 is 0 Å². The summed E-state index contributed by atoms with van der Waals surface area (Å²) in [5, 5.41) is 1.19. The Morgan fingerprint density at radius 1 is 1.33 bits per heavy atom. The van der Waals surface area contributed by atoms with Crippen molar-refractivity contribution in [3.63, 3.8) is 0 Å². The highest BCUT2D eigenvalue weighted by Crippen LogP contribution is 2.28. The van der Waals surface area contributed by atoms with Gasteiger partial charge in [0.05, 0.1) is 0 Å². The molecule has 0 fully saturated rings. The maximum Gasteiger partial charge on any atom is 0.534 e. The second kappa shape index (κ2) is 5.57. The van der Waals surface area contributed by atoms with Gasteiger partial charge in [-0.1, -0.05) is 0 Å². The zero-order valence-electron chi connectivity index (χ0n) is 9.01. The molecule has 0 unspecified atom stereocenters. The highest BCUT2D eigenvalue weighted by Gasteiger charge is 2.48. The second-order valence-electron chi connectivity index (χ2n) is 3.32. The quantitative estimate of drug-likeness (QED) is 0.435. The highest BCUT2D eigenvalue weighted by molar-refractivity contribution is 7.87. The number of halogens is 3. The zero-order valence-corrected chi connectivity index (χ0v) is 9.83. The standard InChI is InChI=1S/C8H10F3NO5S/c9-8(10,11)18(14,15)17-7-2-1-4-12(5-3-7)16-6-13/h2,6H,1,3-5H2. The van der Waals surface area contributed by atoms with Crippen molar-refractivity contribution in [3.05, 3.63) is 11.8 Å². The normalized spacial score (nSPS) is 18.7. The number of nitrogens with zero attached hydrogens (tertiary/aromatic N) is 1. The molecule has 104 valence electrons. The van der Waals surface area contributed by atoms with Crippen LogP contribution in [0.3, 0.4) is 0 Å². The molecule has 0 radical (unpaired) electrons. The van der Waals surface area contributed by atoms with E-state index < -0.39 is 15.6 Å². The van der Waals surface area contributed by atoms with Crippen LogP contribution in [-0.2, 0) is 23.9 Å². The number of carbonyl (C=O) groups is 1. The van der Waals surface area contributed by atoms with Crippen LogP contribution in [0, 0.1) is 0 Å². The summed E-state index contributed by atoms with van der Waals surface area (Å²) in [5.41, 5.74) is -5.46.